The number of hydrogen-bond acceptors (Lipinski definition) is 4. The Morgan fingerprint density at radius 2 is 1.88 bits per heavy atom. The molecule has 2 atom stereocenters. The number of ether oxygens (including phenoxy) is 1. The van der Waals surface area contributed by atoms with Crippen molar-refractivity contribution in [2.45, 2.75) is 26.7 Å². The van der Waals surface area contributed by atoms with E-state index in [1.807, 2.05) is 18.2 Å². The van der Waals surface area contributed by atoms with E-state index in [0.717, 1.165) is 12.8 Å². The van der Waals surface area contributed by atoms with Crippen LogP contribution < -0.4 is 11.5 Å². The molecule has 0 radical (unpaired) electrons. The highest BCUT2D eigenvalue weighted by atomic mass is 16.5. The summed E-state index contributed by atoms with van der Waals surface area (Å²) in [5.41, 5.74) is 12.3. The molecule has 4 N–H and O–H groups in total. The summed E-state index contributed by atoms with van der Waals surface area (Å²) in [5, 5.41) is 0. The van der Waals surface area contributed by atoms with Crippen LogP contribution in [0.2, 0.25) is 0 Å². The van der Waals surface area contributed by atoms with Crippen molar-refractivity contribution in [1.82, 2.24) is 0 Å². The number of carbonyl (C=O) groups excluding carboxylic acids is 1. The van der Waals surface area contributed by atoms with Crippen LogP contribution in [0.4, 0.5) is 0 Å². The molecule has 0 bridgehead atoms. The van der Waals surface area contributed by atoms with Gasteiger partial charge in [0, 0.05) is 12.0 Å². The minimum atomic E-state index is -0.256. The minimum absolute atomic E-state index is 0.123. The number of hydrogen-bond donors (Lipinski definition) is 2. The zero-order valence-corrected chi connectivity index (χ0v) is 14.8. The molecule has 2 unspecified atom stereocenters. The molecule has 24 heavy (non-hydrogen) atoms. The van der Waals surface area contributed by atoms with Crippen LogP contribution in [-0.4, -0.2) is 25.7 Å². The summed E-state index contributed by atoms with van der Waals surface area (Å²) in [7, 11) is 0. The Bertz CT molecular complexity index is 540. The van der Waals surface area contributed by atoms with Crippen molar-refractivity contribution >= 4 is 5.97 Å². The molecule has 0 amide bonds. The lowest BCUT2D eigenvalue weighted by Crippen LogP contribution is -2.40. The summed E-state index contributed by atoms with van der Waals surface area (Å²) in [6.45, 7) is 5.80. The highest BCUT2D eigenvalue weighted by molar-refractivity contribution is 5.89. The first kappa shape index (κ1) is 20.1. The SMILES string of the molecule is CCCC1(CN)C=CC=CC1CN.CCOC(=O)c1ccccc1. The Balaban J connectivity index is 0.000000243. The lowest BCUT2D eigenvalue weighted by atomic mass is 9.70. The highest BCUT2D eigenvalue weighted by Crippen LogP contribution is 2.36. The van der Waals surface area contributed by atoms with Gasteiger partial charge in [-0.25, -0.2) is 4.79 Å². The zero-order valence-electron chi connectivity index (χ0n) is 14.8. The largest absolute Gasteiger partial charge is 0.462 e. The van der Waals surface area contributed by atoms with Gasteiger partial charge in [0.25, 0.3) is 0 Å². The molecule has 0 saturated heterocycles. The summed E-state index contributed by atoms with van der Waals surface area (Å²) in [6, 6.07) is 8.96. The van der Waals surface area contributed by atoms with Crippen LogP contribution in [0.3, 0.4) is 0 Å². The molecule has 1 aromatic rings. The quantitative estimate of drug-likeness (QED) is 0.785. The third-order valence-electron chi connectivity index (χ3n) is 4.26. The molecule has 4 nitrogen and oxygen atoms in total. The van der Waals surface area contributed by atoms with Gasteiger partial charge >= 0.3 is 5.97 Å². The average molecular weight is 330 g/mol. The summed E-state index contributed by atoms with van der Waals surface area (Å²) >= 11 is 0. The first-order valence-corrected chi connectivity index (χ1v) is 8.61. The van der Waals surface area contributed by atoms with Crippen molar-refractivity contribution in [2.24, 2.45) is 22.8 Å². The summed E-state index contributed by atoms with van der Waals surface area (Å²) in [4.78, 5) is 11.0. The van der Waals surface area contributed by atoms with E-state index in [2.05, 4.69) is 31.2 Å². The molecule has 0 saturated carbocycles. The van der Waals surface area contributed by atoms with Gasteiger partial charge in [-0.05, 0) is 37.9 Å². The Kier molecular flexibility index (Phi) is 9.05. The fourth-order valence-corrected chi connectivity index (χ4v) is 2.92. The number of allylic oxidation sites excluding steroid dienone is 2. The predicted molar refractivity (Wildman–Crippen MR) is 99.6 cm³/mol. The highest BCUT2D eigenvalue weighted by Gasteiger charge is 2.32. The molecule has 1 aromatic carbocycles. The summed E-state index contributed by atoms with van der Waals surface area (Å²) in [6.07, 6.45) is 10.9. The Morgan fingerprint density at radius 3 is 2.42 bits per heavy atom. The van der Waals surface area contributed by atoms with E-state index in [4.69, 9.17) is 16.2 Å². The molecule has 0 aromatic heterocycles. The van der Waals surface area contributed by atoms with E-state index in [9.17, 15) is 4.79 Å². The second-order valence-corrected chi connectivity index (χ2v) is 5.86. The number of rotatable bonds is 6. The van der Waals surface area contributed by atoms with Crippen LogP contribution in [0.25, 0.3) is 0 Å². The maximum atomic E-state index is 11.0. The second kappa shape index (κ2) is 10.8. The lowest BCUT2D eigenvalue weighted by Gasteiger charge is -2.37. The summed E-state index contributed by atoms with van der Waals surface area (Å²) in [5.74, 6) is 0.163. The van der Waals surface area contributed by atoms with E-state index in [1.54, 1.807) is 19.1 Å². The van der Waals surface area contributed by atoms with Gasteiger partial charge in [-0.15, -0.1) is 0 Å². The minimum Gasteiger partial charge on any atom is -0.462 e. The van der Waals surface area contributed by atoms with Crippen molar-refractivity contribution in [2.75, 3.05) is 19.7 Å². The Labute approximate surface area is 145 Å². The van der Waals surface area contributed by atoms with E-state index in [0.29, 0.717) is 31.2 Å². The van der Waals surface area contributed by atoms with Gasteiger partial charge in [0.1, 0.15) is 0 Å². The van der Waals surface area contributed by atoms with Gasteiger partial charge in [-0.3, -0.25) is 0 Å². The standard InChI is InChI=1S/C11H20N2.C9H10O2/c1-2-6-11(9-13)7-4-3-5-10(11)8-12;1-2-11-9(10)8-6-4-3-5-7-8/h3-5,7,10H,2,6,8-9,12-13H2,1H3;3-7H,2H2,1H3. The van der Waals surface area contributed by atoms with Gasteiger partial charge in [-0.2, -0.15) is 0 Å². The Morgan fingerprint density at radius 1 is 1.17 bits per heavy atom. The van der Waals surface area contributed by atoms with Crippen molar-refractivity contribution in [1.29, 1.82) is 0 Å². The molecular weight excluding hydrogens is 300 g/mol. The third kappa shape index (κ3) is 5.62. The normalized spacial score (nSPS) is 21.8. The van der Waals surface area contributed by atoms with E-state index < -0.39 is 0 Å². The van der Waals surface area contributed by atoms with Gasteiger partial charge in [0.2, 0.25) is 0 Å². The molecule has 1 aliphatic carbocycles. The first-order chi connectivity index (χ1) is 11.6. The Hall–Kier alpha value is -1.91. The van der Waals surface area contributed by atoms with Crippen molar-refractivity contribution in [3.63, 3.8) is 0 Å². The van der Waals surface area contributed by atoms with Crippen LogP contribution in [0.15, 0.2) is 54.6 Å². The third-order valence-corrected chi connectivity index (χ3v) is 4.26. The van der Waals surface area contributed by atoms with Crippen LogP contribution in [0.5, 0.6) is 0 Å². The van der Waals surface area contributed by atoms with Crippen molar-refractivity contribution in [3.05, 3.63) is 60.2 Å². The van der Waals surface area contributed by atoms with E-state index in [-0.39, 0.29) is 11.4 Å². The smallest absolute Gasteiger partial charge is 0.338 e. The fraction of sp³-hybridized carbons (Fsp3) is 0.450. The monoisotopic (exact) mass is 330 g/mol. The number of esters is 1. The molecule has 4 heteroatoms. The fourth-order valence-electron chi connectivity index (χ4n) is 2.92. The molecule has 0 fully saturated rings. The van der Waals surface area contributed by atoms with Gasteiger partial charge in [0.15, 0.2) is 0 Å². The maximum absolute atomic E-state index is 11.0. The van der Waals surface area contributed by atoms with Crippen LogP contribution in [-0.2, 0) is 4.74 Å². The van der Waals surface area contributed by atoms with Crippen molar-refractivity contribution < 1.29 is 9.53 Å². The van der Waals surface area contributed by atoms with E-state index >= 15 is 0 Å². The predicted octanol–water partition coefficient (Wildman–Crippen LogP) is 3.30. The van der Waals surface area contributed by atoms with E-state index in [1.165, 1.54) is 0 Å². The molecule has 132 valence electrons. The zero-order chi connectivity index (χ0) is 17.8. The molecular formula is C20H30N2O2. The topological polar surface area (TPSA) is 78.3 Å². The van der Waals surface area contributed by atoms with Crippen LogP contribution in [0.1, 0.15) is 37.0 Å². The molecule has 2 rings (SSSR count). The second-order valence-electron chi connectivity index (χ2n) is 5.86. The number of nitrogens with two attached hydrogens (primary N) is 2. The first-order valence-electron chi connectivity index (χ1n) is 8.61. The molecule has 0 aliphatic heterocycles. The van der Waals surface area contributed by atoms with Crippen LogP contribution in [0, 0.1) is 11.3 Å². The average Bonchev–Trinajstić information content (AvgIpc) is 2.64. The van der Waals surface area contributed by atoms with Gasteiger partial charge in [0.05, 0.1) is 12.2 Å². The van der Waals surface area contributed by atoms with Crippen molar-refractivity contribution in [3.8, 4) is 0 Å². The van der Waals surface area contributed by atoms with Gasteiger partial charge < -0.3 is 16.2 Å². The molecule has 0 heterocycles. The number of carbonyl (C=O) groups is 1. The maximum Gasteiger partial charge on any atom is 0.338 e. The van der Waals surface area contributed by atoms with Crippen LogP contribution >= 0.6 is 0 Å². The number of benzene rings is 1. The molecule has 0 spiro atoms. The molecule has 1 aliphatic rings. The van der Waals surface area contributed by atoms with Gasteiger partial charge in [-0.1, -0.05) is 55.8 Å². The lowest BCUT2D eigenvalue weighted by molar-refractivity contribution is 0.0526. The summed E-state index contributed by atoms with van der Waals surface area (Å²) < 4.78 is 4.79.